The van der Waals surface area contributed by atoms with Gasteiger partial charge in [0.05, 0.1) is 13.2 Å². The molecule has 0 heterocycles. The number of methoxy groups -OCH3 is 2. The molecule has 0 aliphatic carbocycles. The van der Waals surface area contributed by atoms with Gasteiger partial charge in [-0.25, -0.2) is 9.59 Å². The second-order valence-corrected chi connectivity index (χ2v) is 8.48. The molecule has 2 rings (SSSR count). The van der Waals surface area contributed by atoms with Crippen molar-refractivity contribution in [2.24, 2.45) is 0 Å². The Balaban J connectivity index is 2.28. The van der Waals surface area contributed by atoms with E-state index < -0.39 is 35.9 Å². The SMILES string of the molecule is CCOC(=O)C(C)=CC=CC(OCC(C=O)(OC)c1ccccc1)C(C)OC(=O)C(OC)c1ccccc1. The van der Waals surface area contributed by atoms with Gasteiger partial charge in [-0.3, -0.25) is 4.79 Å². The molecule has 0 spiro atoms. The summed E-state index contributed by atoms with van der Waals surface area (Å²) in [5, 5.41) is 0. The first kappa shape index (κ1) is 30.6. The monoisotopic (exact) mass is 524 g/mol. The average Bonchev–Trinajstić information content (AvgIpc) is 2.94. The molecule has 0 saturated carbocycles. The second-order valence-electron chi connectivity index (χ2n) is 8.48. The molecule has 4 unspecified atom stereocenters. The third-order valence-electron chi connectivity index (χ3n) is 5.87. The van der Waals surface area contributed by atoms with Crippen LogP contribution in [0.4, 0.5) is 0 Å². The van der Waals surface area contributed by atoms with E-state index in [4.69, 9.17) is 23.7 Å². The van der Waals surface area contributed by atoms with Crippen LogP contribution in [0.3, 0.4) is 0 Å². The molecule has 0 radical (unpaired) electrons. The van der Waals surface area contributed by atoms with Crippen molar-refractivity contribution >= 4 is 18.2 Å². The van der Waals surface area contributed by atoms with Gasteiger partial charge in [-0.15, -0.1) is 0 Å². The zero-order valence-electron chi connectivity index (χ0n) is 22.5. The van der Waals surface area contributed by atoms with E-state index in [0.717, 1.165) is 0 Å². The summed E-state index contributed by atoms with van der Waals surface area (Å²) in [5.41, 5.74) is 0.286. The fourth-order valence-electron chi connectivity index (χ4n) is 3.63. The predicted molar refractivity (Wildman–Crippen MR) is 142 cm³/mol. The zero-order chi connectivity index (χ0) is 28.0. The van der Waals surface area contributed by atoms with Crippen LogP contribution >= 0.6 is 0 Å². The lowest BCUT2D eigenvalue weighted by molar-refractivity contribution is -0.170. The van der Waals surface area contributed by atoms with Gasteiger partial charge >= 0.3 is 11.9 Å². The molecule has 0 saturated heterocycles. The Labute approximate surface area is 224 Å². The minimum Gasteiger partial charge on any atom is -0.463 e. The summed E-state index contributed by atoms with van der Waals surface area (Å²) < 4.78 is 27.8. The quantitative estimate of drug-likeness (QED) is 0.145. The molecule has 0 aliphatic rings. The van der Waals surface area contributed by atoms with E-state index in [0.29, 0.717) is 23.0 Å². The summed E-state index contributed by atoms with van der Waals surface area (Å²) >= 11 is 0. The number of carbonyl (C=O) groups is 3. The minimum absolute atomic E-state index is 0.152. The third-order valence-corrected chi connectivity index (χ3v) is 5.87. The van der Waals surface area contributed by atoms with Crippen LogP contribution in [-0.2, 0) is 43.7 Å². The molecule has 0 aromatic heterocycles. The summed E-state index contributed by atoms with van der Waals surface area (Å²) in [7, 11) is 2.85. The predicted octanol–water partition coefficient (Wildman–Crippen LogP) is 4.50. The lowest BCUT2D eigenvalue weighted by atomic mass is 9.96. The van der Waals surface area contributed by atoms with Crippen molar-refractivity contribution in [1.82, 2.24) is 0 Å². The molecular weight excluding hydrogens is 488 g/mol. The van der Waals surface area contributed by atoms with Gasteiger partial charge in [0.25, 0.3) is 0 Å². The largest absolute Gasteiger partial charge is 0.463 e. The van der Waals surface area contributed by atoms with E-state index in [9.17, 15) is 14.4 Å². The van der Waals surface area contributed by atoms with Crippen LogP contribution in [-0.4, -0.2) is 57.9 Å². The van der Waals surface area contributed by atoms with Crippen LogP contribution in [0.2, 0.25) is 0 Å². The van der Waals surface area contributed by atoms with Crippen LogP contribution in [0.25, 0.3) is 0 Å². The maximum Gasteiger partial charge on any atom is 0.340 e. The number of carbonyl (C=O) groups excluding carboxylic acids is 3. The fraction of sp³-hybridized carbons (Fsp3) is 0.367. The lowest BCUT2D eigenvalue weighted by Gasteiger charge is -2.30. The van der Waals surface area contributed by atoms with Crippen LogP contribution < -0.4 is 0 Å². The van der Waals surface area contributed by atoms with E-state index in [-0.39, 0.29) is 13.2 Å². The third kappa shape index (κ3) is 8.48. The highest BCUT2D eigenvalue weighted by atomic mass is 16.6. The molecule has 0 aliphatic heterocycles. The van der Waals surface area contributed by atoms with Gasteiger partial charge < -0.3 is 23.7 Å². The van der Waals surface area contributed by atoms with Crippen LogP contribution in [0.15, 0.2) is 84.5 Å². The first-order valence-electron chi connectivity index (χ1n) is 12.3. The Hall–Kier alpha value is -3.59. The number of allylic oxidation sites excluding steroid dienone is 2. The van der Waals surface area contributed by atoms with Gasteiger partial charge in [0.1, 0.15) is 12.2 Å². The molecule has 0 fully saturated rings. The summed E-state index contributed by atoms with van der Waals surface area (Å²) in [6.07, 6.45) is 3.01. The van der Waals surface area contributed by atoms with Crippen molar-refractivity contribution in [2.45, 2.75) is 44.7 Å². The van der Waals surface area contributed by atoms with E-state index in [1.165, 1.54) is 14.2 Å². The first-order chi connectivity index (χ1) is 18.3. The Bertz CT molecular complexity index is 1080. The Kier molecular flexibility index (Phi) is 12.6. The lowest BCUT2D eigenvalue weighted by Crippen LogP contribution is -2.40. The normalized spacial score (nSPS) is 15.8. The molecule has 0 bridgehead atoms. The van der Waals surface area contributed by atoms with Crippen LogP contribution in [0, 0.1) is 0 Å². The maximum absolute atomic E-state index is 13.0. The zero-order valence-corrected chi connectivity index (χ0v) is 22.5. The molecule has 0 amide bonds. The van der Waals surface area contributed by atoms with Gasteiger partial charge in [-0.05, 0) is 31.9 Å². The van der Waals surface area contributed by atoms with Gasteiger partial charge in [-0.1, -0.05) is 78.9 Å². The van der Waals surface area contributed by atoms with Crippen molar-refractivity contribution < 1.29 is 38.1 Å². The fourth-order valence-corrected chi connectivity index (χ4v) is 3.63. The van der Waals surface area contributed by atoms with Gasteiger partial charge in [0, 0.05) is 19.8 Å². The van der Waals surface area contributed by atoms with Crippen LogP contribution in [0.1, 0.15) is 38.0 Å². The Morgan fingerprint density at radius 3 is 2.18 bits per heavy atom. The van der Waals surface area contributed by atoms with Gasteiger partial charge in [0.2, 0.25) is 0 Å². The topological polar surface area (TPSA) is 97.4 Å². The second kappa shape index (κ2) is 15.6. The highest BCUT2D eigenvalue weighted by molar-refractivity contribution is 5.88. The van der Waals surface area contributed by atoms with E-state index in [2.05, 4.69) is 0 Å². The molecule has 8 heteroatoms. The highest BCUT2D eigenvalue weighted by Crippen LogP contribution is 2.25. The van der Waals surface area contributed by atoms with E-state index >= 15 is 0 Å². The van der Waals surface area contributed by atoms with Crippen LogP contribution in [0.5, 0.6) is 0 Å². The molecule has 38 heavy (non-hydrogen) atoms. The molecule has 0 N–H and O–H groups in total. The Morgan fingerprint density at radius 2 is 1.63 bits per heavy atom. The standard InChI is InChI=1S/C30H36O8/c1-6-36-28(32)22(2)14-13-19-26(37-21-30(20-31,35-5)25-17-11-8-12-18-25)23(3)38-29(33)27(34-4)24-15-9-7-10-16-24/h7-20,23,26-27H,6,21H2,1-5H3. The smallest absolute Gasteiger partial charge is 0.340 e. The molecule has 2 aromatic carbocycles. The van der Waals surface area contributed by atoms with Gasteiger partial charge in [-0.2, -0.15) is 0 Å². The minimum atomic E-state index is -1.37. The number of aldehydes is 1. The molecule has 2 aromatic rings. The molecule has 8 nitrogen and oxygen atoms in total. The summed E-state index contributed by atoms with van der Waals surface area (Å²) in [5.74, 6) is -1.04. The molecule has 4 atom stereocenters. The van der Waals surface area contributed by atoms with Crippen molar-refractivity contribution in [3.63, 3.8) is 0 Å². The van der Waals surface area contributed by atoms with Crippen molar-refractivity contribution in [2.75, 3.05) is 27.4 Å². The van der Waals surface area contributed by atoms with Crippen molar-refractivity contribution in [3.05, 3.63) is 95.6 Å². The number of benzene rings is 2. The Morgan fingerprint density at radius 1 is 1.00 bits per heavy atom. The highest BCUT2D eigenvalue weighted by Gasteiger charge is 2.35. The van der Waals surface area contributed by atoms with E-state index in [1.54, 1.807) is 87.5 Å². The molecular formula is C30H36O8. The summed E-state index contributed by atoms with van der Waals surface area (Å²) in [6.45, 7) is 5.14. The first-order valence-corrected chi connectivity index (χ1v) is 12.3. The summed E-state index contributed by atoms with van der Waals surface area (Å²) in [6, 6.07) is 18.0. The summed E-state index contributed by atoms with van der Waals surface area (Å²) in [4.78, 5) is 37.1. The number of ether oxygens (including phenoxy) is 5. The van der Waals surface area contributed by atoms with E-state index in [1.807, 2.05) is 12.1 Å². The number of hydrogen-bond donors (Lipinski definition) is 0. The maximum atomic E-state index is 13.0. The molecule has 204 valence electrons. The number of hydrogen-bond acceptors (Lipinski definition) is 8. The average molecular weight is 525 g/mol. The number of rotatable bonds is 15. The number of esters is 2. The van der Waals surface area contributed by atoms with Gasteiger partial charge in [0.15, 0.2) is 18.0 Å². The van der Waals surface area contributed by atoms with Crippen molar-refractivity contribution in [1.29, 1.82) is 0 Å². The van der Waals surface area contributed by atoms with Crippen molar-refractivity contribution in [3.8, 4) is 0 Å².